The van der Waals surface area contributed by atoms with Crippen LogP contribution in [-0.4, -0.2) is 35.1 Å². The second-order valence-corrected chi connectivity index (χ2v) is 5.37. The molecule has 0 unspecified atom stereocenters. The predicted octanol–water partition coefficient (Wildman–Crippen LogP) is 2.51. The van der Waals surface area contributed by atoms with Gasteiger partial charge >= 0.3 is 0 Å². The summed E-state index contributed by atoms with van der Waals surface area (Å²) in [7, 11) is 3.47. The van der Waals surface area contributed by atoms with Crippen LogP contribution in [0.5, 0.6) is 0 Å². The number of halogens is 1. The molecule has 100 valence electrons. The third-order valence-electron chi connectivity index (χ3n) is 2.48. The van der Waals surface area contributed by atoms with E-state index in [1.807, 2.05) is 18.2 Å². The normalized spacial score (nSPS) is 10.3. The maximum absolute atomic E-state index is 12.1. The molecule has 1 amide bonds. The molecule has 2 aromatic rings. The Morgan fingerprint density at radius 2 is 2.26 bits per heavy atom. The summed E-state index contributed by atoms with van der Waals surface area (Å²) in [4.78, 5) is 13.7. The fraction of sp³-hybridized carbons (Fsp3) is 0.250. The summed E-state index contributed by atoms with van der Waals surface area (Å²) in [5, 5.41) is 12.2. The Labute approximate surface area is 120 Å². The Hall–Kier alpha value is -1.66. The Morgan fingerprint density at radius 3 is 2.89 bits per heavy atom. The highest BCUT2D eigenvalue weighted by atomic mass is 35.5. The minimum absolute atomic E-state index is 0.154. The summed E-state index contributed by atoms with van der Waals surface area (Å²) in [5.41, 5.74) is 0.974. The van der Waals surface area contributed by atoms with Crippen LogP contribution in [0.25, 0.3) is 0 Å². The maximum Gasteiger partial charge on any atom is 0.284 e. The lowest BCUT2D eigenvalue weighted by molar-refractivity contribution is 0.0784. The third-order valence-corrected chi connectivity index (χ3v) is 3.64. The minimum Gasteiger partial charge on any atom is -0.363 e. The highest BCUT2D eigenvalue weighted by Gasteiger charge is 2.17. The number of rotatable bonds is 4. The van der Waals surface area contributed by atoms with Gasteiger partial charge in [-0.15, -0.1) is 10.2 Å². The number of carbonyl (C=O) groups is 1. The van der Waals surface area contributed by atoms with Crippen molar-refractivity contribution in [3.05, 3.63) is 39.9 Å². The number of carbonyl (C=O) groups excluding carboxylic acids is 1. The fourth-order valence-electron chi connectivity index (χ4n) is 1.55. The molecule has 0 bridgehead atoms. The Kier molecular flexibility index (Phi) is 4.34. The van der Waals surface area contributed by atoms with E-state index in [1.54, 1.807) is 25.1 Å². The molecule has 0 saturated carbocycles. The highest BCUT2D eigenvalue weighted by Crippen LogP contribution is 2.17. The topological polar surface area (TPSA) is 58.1 Å². The zero-order chi connectivity index (χ0) is 13.8. The summed E-state index contributed by atoms with van der Waals surface area (Å²) < 4.78 is 0. The Morgan fingerprint density at radius 1 is 1.47 bits per heavy atom. The van der Waals surface area contributed by atoms with Crippen LogP contribution in [-0.2, 0) is 6.54 Å². The molecule has 19 heavy (non-hydrogen) atoms. The summed E-state index contributed by atoms with van der Waals surface area (Å²) in [6.07, 6.45) is 0. The van der Waals surface area contributed by atoms with E-state index in [4.69, 9.17) is 11.6 Å². The van der Waals surface area contributed by atoms with Crippen molar-refractivity contribution in [2.45, 2.75) is 6.54 Å². The van der Waals surface area contributed by atoms with E-state index < -0.39 is 0 Å². The summed E-state index contributed by atoms with van der Waals surface area (Å²) in [6, 6.07) is 7.43. The van der Waals surface area contributed by atoms with Crippen molar-refractivity contribution in [2.75, 3.05) is 19.4 Å². The number of amides is 1. The lowest BCUT2D eigenvalue weighted by Gasteiger charge is -2.15. The molecular formula is C12H13ClN4OS. The molecule has 0 saturated heterocycles. The molecule has 5 nitrogen and oxygen atoms in total. The third kappa shape index (κ3) is 3.42. The number of hydrogen-bond acceptors (Lipinski definition) is 5. The number of aromatic nitrogens is 2. The van der Waals surface area contributed by atoms with E-state index in [0.29, 0.717) is 21.7 Å². The highest BCUT2D eigenvalue weighted by molar-refractivity contribution is 7.17. The van der Waals surface area contributed by atoms with Crippen molar-refractivity contribution in [1.29, 1.82) is 0 Å². The van der Waals surface area contributed by atoms with E-state index in [2.05, 4.69) is 15.5 Å². The monoisotopic (exact) mass is 296 g/mol. The Bertz CT molecular complexity index is 587. The second-order valence-electron chi connectivity index (χ2n) is 3.95. The van der Waals surface area contributed by atoms with Gasteiger partial charge in [0.1, 0.15) is 0 Å². The van der Waals surface area contributed by atoms with Crippen molar-refractivity contribution < 1.29 is 4.79 Å². The van der Waals surface area contributed by atoms with Crippen LogP contribution in [0.15, 0.2) is 24.3 Å². The van der Waals surface area contributed by atoms with Crippen LogP contribution in [0.1, 0.15) is 15.4 Å². The Balaban J connectivity index is 2.07. The lowest BCUT2D eigenvalue weighted by Crippen LogP contribution is -2.26. The number of benzene rings is 1. The predicted molar refractivity (Wildman–Crippen MR) is 76.7 cm³/mol. The van der Waals surface area contributed by atoms with Gasteiger partial charge in [0.25, 0.3) is 5.91 Å². The van der Waals surface area contributed by atoms with Gasteiger partial charge in [-0.1, -0.05) is 35.1 Å². The molecule has 2 rings (SSSR count). The first kappa shape index (κ1) is 13.8. The number of hydrogen-bond donors (Lipinski definition) is 1. The minimum atomic E-state index is -0.154. The van der Waals surface area contributed by atoms with Gasteiger partial charge in [-0.25, -0.2) is 0 Å². The van der Waals surface area contributed by atoms with Crippen molar-refractivity contribution in [1.82, 2.24) is 15.1 Å². The van der Waals surface area contributed by atoms with Gasteiger partial charge in [0.05, 0.1) is 0 Å². The van der Waals surface area contributed by atoms with Gasteiger partial charge in [-0.2, -0.15) is 0 Å². The first-order chi connectivity index (χ1) is 9.10. The average molecular weight is 297 g/mol. The van der Waals surface area contributed by atoms with Crippen molar-refractivity contribution >= 4 is 34.0 Å². The molecular weight excluding hydrogens is 284 g/mol. The maximum atomic E-state index is 12.1. The van der Waals surface area contributed by atoms with Gasteiger partial charge in [0.2, 0.25) is 10.1 Å². The molecule has 0 spiro atoms. The molecule has 0 aliphatic carbocycles. The van der Waals surface area contributed by atoms with Crippen LogP contribution in [0, 0.1) is 0 Å². The molecule has 0 atom stereocenters. The van der Waals surface area contributed by atoms with Gasteiger partial charge in [0, 0.05) is 25.7 Å². The summed E-state index contributed by atoms with van der Waals surface area (Å²) >= 11 is 7.15. The largest absolute Gasteiger partial charge is 0.363 e. The molecule has 1 aromatic carbocycles. The molecule has 7 heteroatoms. The molecule has 1 N–H and O–H groups in total. The number of anilines is 1. The average Bonchev–Trinajstić information content (AvgIpc) is 2.86. The van der Waals surface area contributed by atoms with Gasteiger partial charge in [-0.3, -0.25) is 4.79 Å². The number of nitrogens with zero attached hydrogens (tertiary/aromatic N) is 3. The van der Waals surface area contributed by atoms with E-state index in [1.165, 1.54) is 11.3 Å². The molecule has 0 aliphatic heterocycles. The van der Waals surface area contributed by atoms with E-state index in [9.17, 15) is 4.79 Å². The van der Waals surface area contributed by atoms with Crippen molar-refractivity contribution in [2.24, 2.45) is 0 Å². The summed E-state index contributed by atoms with van der Waals surface area (Å²) in [6.45, 7) is 0.480. The van der Waals surface area contributed by atoms with Crippen LogP contribution >= 0.6 is 22.9 Å². The summed E-state index contributed by atoms with van der Waals surface area (Å²) in [5.74, 6) is -0.154. The zero-order valence-corrected chi connectivity index (χ0v) is 12.1. The molecule has 0 radical (unpaired) electrons. The van der Waals surface area contributed by atoms with Gasteiger partial charge < -0.3 is 10.2 Å². The molecule has 1 aromatic heterocycles. The van der Waals surface area contributed by atoms with E-state index in [-0.39, 0.29) is 5.91 Å². The SMILES string of the molecule is CNc1nnc(C(=O)N(C)Cc2cccc(Cl)c2)s1. The van der Waals surface area contributed by atoms with Crippen LogP contribution < -0.4 is 5.32 Å². The molecule has 0 fully saturated rings. The smallest absolute Gasteiger partial charge is 0.284 e. The zero-order valence-electron chi connectivity index (χ0n) is 10.6. The van der Waals surface area contributed by atoms with Crippen LogP contribution in [0.2, 0.25) is 5.02 Å². The van der Waals surface area contributed by atoms with E-state index in [0.717, 1.165) is 5.56 Å². The van der Waals surface area contributed by atoms with E-state index >= 15 is 0 Å². The second kappa shape index (κ2) is 5.99. The van der Waals surface area contributed by atoms with Crippen LogP contribution in [0.4, 0.5) is 5.13 Å². The molecule has 0 aliphatic rings. The number of nitrogens with one attached hydrogen (secondary N) is 1. The van der Waals surface area contributed by atoms with Crippen molar-refractivity contribution in [3.8, 4) is 0 Å². The first-order valence-corrected chi connectivity index (χ1v) is 6.80. The molecule has 1 heterocycles. The quantitative estimate of drug-likeness (QED) is 0.942. The lowest BCUT2D eigenvalue weighted by atomic mass is 10.2. The van der Waals surface area contributed by atoms with Gasteiger partial charge in [0.15, 0.2) is 0 Å². The standard InChI is InChI=1S/C12H13ClN4OS/c1-14-12-16-15-10(19-12)11(18)17(2)7-8-4-3-5-9(13)6-8/h3-6H,7H2,1-2H3,(H,14,16). The van der Waals surface area contributed by atoms with Crippen LogP contribution in [0.3, 0.4) is 0 Å². The van der Waals surface area contributed by atoms with Crippen molar-refractivity contribution in [3.63, 3.8) is 0 Å². The van der Waals surface area contributed by atoms with Gasteiger partial charge in [-0.05, 0) is 17.7 Å². The fourth-order valence-corrected chi connectivity index (χ4v) is 2.46. The first-order valence-electron chi connectivity index (χ1n) is 5.61.